The van der Waals surface area contributed by atoms with Gasteiger partial charge in [0.2, 0.25) is 17.7 Å². The van der Waals surface area contributed by atoms with Crippen molar-refractivity contribution in [2.45, 2.75) is 44.9 Å². The molecule has 2 saturated heterocycles. The summed E-state index contributed by atoms with van der Waals surface area (Å²) in [5, 5.41) is 5.71. The van der Waals surface area contributed by atoms with Crippen LogP contribution in [0.1, 0.15) is 25.8 Å². The smallest absolute Gasteiger partial charge is 0.242 e. The number of carbonyl (C=O) groups excluding carboxylic acids is 3. The van der Waals surface area contributed by atoms with E-state index >= 15 is 0 Å². The molecule has 28 heavy (non-hydrogen) atoms. The molecule has 2 fully saturated rings. The lowest BCUT2D eigenvalue weighted by atomic mass is 10.0. The Morgan fingerprint density at radius 1 is 1.14 bits per heavy atom. The average Bonchev–Trinajstić information content (AvgIpc) is 3.03. The first-order chi connectivity index (χ1) is 13.4. The van der Waals surface area contributed by atoms with E-state index in [4.69, 9.17) is 4.74 Å². The molecule has 2 heterocycles. The molecule has 1 aromatic carbocycles. The molecule has 3 rings (SSSR count). The highest BCUT2D eigenvalue weighted by molar-refractivity contribution is 5.85. The Bertz CT molecular complexity index is 736. The number of nitrogens with zero attached hydrogens (tertiary/aromatic N) is 2. The first-order valence-corrected chi connectivity index (χ1v) is 9.56. The Morgan fingerprint density at radius 3 is 2.46 bits per heavy atom. The molecule has 1 aromatic rings. The van der Waals surface area contributed by atoms with E-state index in [0.717, 1.165) is 17.7 Å². The highest BCUT2D eigenvalue weighted by Crippen LogP contribution is 2.27. The molecule has 0 spiro atoms. The molecule has 2 aliphatic rings. The van der Waals surface area contributed by atoms with Crippen molar-refractivity contribution < 1.29 is 19.1 Å². The maximum atomic E-state index is 13.2. The maximum absolute atomic E-state index is 13.2. The summed E-state index contributed by atoms with van der Waals surface area (Å²) >= 11 is 0. The molecule has 152 valence electrons. The van der Waals surface area contributed by atoms with Crippen molar-refractivity contribution in [1.29, 1.82) is 0 Å². The van der Waals surface area contributed by atoms with Gasteiger partial charge in [-0.05, 0) is 24.1 Å². The minimum absolute atomic E-state index is 0.00589. The largest absolute Gasteiger partial charge is 0.497 e. The molecule has 0 aliphatic carbocycles. The van der Waals surface area contributed by atoms with Crippen LogP contribution in [0, 0.1) is 0 Å². The molecular formula is C20H28N4O4. The fourth-order valence-corrected chi connectivity index (χ4v) is 4.09. The van der Waals surface area contributed by atoms with Crippen molar-refractivity contribution in [2.24, 2.45) is 0 Å². The molecule has 0 bridgehead atoms. The fourth-order valence-electron chi connectivity index (χ4n) is 4.09. The number of hydrogen-bond acceptors (Lipinski definition) is 5. The standard InChI is InChI=1S/C20H28N4O4/c1-13(25)21-9-19-20(27)24-11-16(22-14(2)26)8-17(24)12-23(19)10-15-4-6-18(28-3)7-5-15/h4-7,16-17,19H,8-12H2,1-3H3,(H,21,25)(H,22,26)/t16-,17-,19-/m0/s1. The van der Waals surface area contributed by atoms with Crippen molar-refractivity contribution in [2.75, 3.05) is 26.7 Å². The number of fused-ring (bicyclic) bond motifs is 1. The summed E-state index contributed by atoms with van der Waals surface area (Å²) in [7, 11) is 1.63. The van der Waals surface area contributed by atoms with Crippen LogP contribution in [0.15, 0.2) is 24.3 Å². The number of nitrogens with one attached hydrogen (secondary N) is 2. The molecule has 8 heteroatoms. The van der Waals surface area contributed by atoms with Gasteiger partial charge in [0.15, 0.2) is 0 Å². The van der Waals surface area contributed by atoms with Gasteiger partial charge in [-0.1, -0.05) is 12.1 Å². The molecule has 2 N–H and O–H groups in total. The van der Waals surface area contributed by atoms with E-state index in [2.05, 4.69) is 15.5 Å². The molecule has 3 amide bonds. The number of methoxy groups -OCH3 is 1. The topological polar surface area (TPSA) is 91.0 Å². The van der Waals surface area contributed by atoms with Crippen molar-refractivity contribution in [1.82, 2.24) is 20.4 Å². The Labute approximate surface area is 165 Å². The molecule has 0 radical (unpaired) electrons. The zero-order chi connectivity index (χ0) is 20.3. The summed E-state index contributed by atoms with van der Waals surface area (Å²) in [6.07, 6.45) is 0.747. The van der Waals surface area contributed by atoms with Crippen LogP contribution in [0.2, 0.25) is 0 Å². The second kappa shape index (κ2) is 8.60. The van der Waals surface area contributed by atoms with Gasteiger partial charge < -0.3 is 20.3 Å². The molecule has 2 aliphatic heterocycles. The first-order valence-electron chi connectivity index (χ1n) is 9.56. The second-order valence-corrected chi connectivity index (χ2v) is 7.51. The van der Waals surface area contributed by atoms with Crippen molar-refractivity contribution in [3.05, 3.63) is 29.8 Å². The quantitative estimate of drug-likeness (QED) is 0.723. The van der Waals surface area contributed by atoms with Crippen LogP contribution in [-0.2, 0) is 20.9 Å². The van der Waals surface area contributed by atoms with Crippen molar-refractivity contribution in [3.8, 4) is 5.75 Å². The Kier molecular flexibility index (Phi) is 6.18. The fraction of sp³-hybridized carbons (Fsp3) is 0.550. The number of ether oxygens (including phenoxy) is 1. The van der Waals surface area contributed by atoms with E-state index in [0.29, 0.717) is 19.6 Å². The van der Waals surface area contributed by atoms with Gasteiger partial charge in [0.05, 0.1) is 7.11 Å². The molecule has 0 unspecified atom stereocenters. The number of piperazine rings is 1. The maximum Gasteiger partial charge on any atom is 0.242 e. The average molecular weight is 388 g/mol. The molecule has 0 saturated carbocycles. The number of benzene rings is 1. The summed E-state index contributed by atoms with van der Waals surface area (Å²) in [5.74, 6) is 0.554. The van der Waals surface area contributed by atoms with E-state index in [9.17, 15) is 14.4 Å². The van der Waals surface area contributed by atoms with Gasteiger partial charge >= 0.3 is 0 Å². The van der Waals surface area contributed by atoms with Crippen LogP contribution < -0.4 is 15.4 Å². The van der Waals surface area contributed by atoms with Crippen LogP contribution in [0.4, 0.5) is 0 Å². The Morgan fingerprint density at radius 2 is 1.86 bits per heavy atom. The van der Waals surface area contributed by atoms with Gasteiger partial charge in [-0.2, -0.15) is 0 Å². The molecular weight excluding hydrogens is 360 g/mol. The van der Waals surface area contributed by atoms with E-state index in [1.807, 2.05) is 29.2 Å². The minimum atomic E-state index is -0.418. The molecule has 8 nitrogen and oxygen atoms in total. The van der Waals surface area contributed by atoms with E-state index < -0.39 is 6.04 Å². The van der Waals surface area contributed by atoms with E-state index in [1.54, 1.807) is 7.11 Å². The van der Waals surface area contributed by atoms with Crippen LogP contribution in [0.5, 0.6) is 5.75 Å². The third-order valence-electron chi connectivity index (χ3n) is 5.37. The minimum Gasteiger partial charge on any atom is -0.497 e. The lowest BCUT2D eigenvalue weighted by Crippen LogP contribution is -2.62. The van der Waals surface area contributed by atoms with Gasteiger partial charge in [-0.3, -0.25) is 19.3 Å². The number of rotatable bonds is 6. The van der Waals surface area contributed by atoms with Gasteiger partial charge in [-0.25, -0.2) is 0 Å². The number of amides is 3. The van der Waals surface area contributed by atoms with E-state index in [-0.39, 0.29) is 36.3 Å². The van der Waals surface area contributed by atoms with Crippen LogP contribution in [0.3, 0.4) is 0 Å². The van der Waals surface area contributed by atoms with E-state index in [1.165, 1.54) is 13.8 Å². The first kappa shape index (κ1) is 20.1. The summed E-state index contributed by atoms with van der Waals surface area (Å²) < 4.78 is 5.21. The highest BCUT2D eigenvalue weighted by Gasteiger charge is 2.45. The Balaban J connectivity index is 1.76. The third kappa shape index (κ3) is 4.62. The molecule has 3 atom stereocenters. The lowest BCUT2D eigenvalue weighted by molar-refractivity contribution is -0.144. The summed E-state index contributed by atoms with van der Waals surface area (Å²) in [6.45, 7) is 5.06. The predicted molar refractivity (Wildman–Crippen MR) is 104 cm³/mol. The number of hydrogen-bond donors (Lipinski definition) is 2. The zero-order valence-corrected chi connectivity index (χ0v) is 16.6. The second-order valence-electron chi connectivity index (χ2n) is 7.51. The monoisotopic (exact) mass is 388 g/mol. The van der Waals surface area contributed by atoms with Crippen molar-refractivity contribution in [3.63, 3.8) is 0 Å². The zero-order valence-electron chi connectivity index (χ0n) is 16.6. The normalized spacial score (nSPS) is 24.6. The summed E-state index contributed by atoms with van der Waals surface area (Å²) in [5.41, 5.74) is 1.08. The lowest BCUT2D eigenvalue weighted by Gasteiger charge is -2.42. The SMILES string of the molecule is COc1ccc(CN2C[C@@H]3C[C@H](NC(C)=O)CN3C(=O)[C@@H]2CNC(C)=O)cc1. The Hall–Kier alpha value is -2.61. The highest BCUT2D eigenvalue weighted by atomic mass is 16.5. The van der Waals surface area contributed by atoms with Gasteiger partial charge in [0, 0.05) is 52.1 Å². The van der Waals surface area contributed by atoms with Crippen LogP contribution in [-0.4, -0.2) is 72.4 Å². The van der Waals surface area contributed by atoms with Crippen LogP contribution in [0.25, 0.3) is 0 Å². The number of carbonyl (C=O) groups is 3. The molecule has 0 aromatic heterocycles. The van der Waals surface area contributed by atoms with Gasteiger partial charge in [-0.15, -0.1) is 0 Å². The summed E-state index contributed by atoms with van der Waals surface area (Å²) in [4.78, 5) is 40.0. The summed E-state index contributed by atoms with van der Waals surface area (Å²) in [6, 6.07) is 7.40. The van der Waals surface area contributed by atoms with Gasteiger partial charge in [0.1, 0.15) is 11.8 Å². The third-order valence-corrected chi connectivity index (χ3v) is 5.37. The van der Waals surface area contributed by atoms with Crippen molar-refractivity contribution >= 4 is 17.7 Å². The van der Waals surface area contributed by atoms with Gasteiger partial charge in [0.25, 0.3) is 0 Å². The van der Waals surface area contributed by atoms with Crippen LogP contribution >= 0.6 is 0 Å². The predicted octanol–water partition coefficient (Wildman–Crippen LogP) is 0.121.